The van der Waals surface area contributed by atoms with Crippen LogP contribution in [-0.2, 0) is 9.59 Å². The quantitative estimate of drug-likeness (QED) is 0.709. The highest BCUT2D eigenvalue weighted by Crippen LogP contribution is 2.31. The van der Waals surface area contributed by atoms with E-state index in [0.717, 1.165) is 19.4 Å². The van der Waals surface area contributed by atoms with Crippen LogP contribution in [0.4, 0.5) is 0 Å². The van der Waals surface area contributed by atoms with E-state index < -0.39 is 0 Å². The number of carbonyl (C=O) groups is 2. The Balaban J connectivity index is 1.99. The van der Waals surface area contributed by atoms with Gasteiger partial charge in [-0.15, -0.1) is 0 Å². The minimum Gasteiger partial charge on any atom is -0.312 e. The number of piperidine rings is 1. The van der Waals surface area contributed by atoms with Gasteiger partial charge in [0.25, 0.3) is 0 Å². The smallest absolute Gasteiger partial charge is 0.229 e. The minimum atomic E-state index is -0.159. The number of hydrogen-bond donors (Lipinski definition) is 1. The Bertz CT molecular complexity index is 286. The van der Waals surface area contributed by atoms with Crippen molar-refractivity contribution >= 4 is 11.8 Å². The molecule has 0 aromatic carbocycles. The van der Waals surface area contributed by atoms with E-state index in [1.165, 1.54) is 4.90 Å². The summed E-state index contributed by atoms with van der Waals surface area (Å²) in [5.74, 6) is -0.00935. The predicted molar refractivity (Wildman–Crippen MR) is 60.8 cm³/mol. The second-order valence-electron chi connectivity index (χ2n) is 5.71. The summed E-state index contributed by atoms with van der Waals surface area (Å²) in [6, 6.07) is 0.314. The summed E-state index contributed by atoms with van der Waals surface area (Å²) in [6.07, 6.45) is 3.20. The summed E-state index contributed by atoms with van der Waals surface area (Å²) in [4.78, 5) is 25.2. The number of rotatable bonds is 2. The molecule has 2 fully saturated rings. The van der Waals surface area contributed by atoms with E-state index in [-0.39, 0.29) is 17.2 Å². The van der Waals surface area contributed by atoms with Gasteiger partial charge in [-0.25, -0.2) is 0 Å². The number of nitrogens with zero attached hydrogens (tertiary/aromatic N) is 1. The Morgan fingerprint density at radius 2 is 1.94 bits per heavy atom. The molecule has 0 bridgehead atoms. The van der Waals surface area contributed by atoms with Gasteiger partial charge in [0, 0.05) is 25.4 Å². The first-order chi connectivity index (χ1) is 7.48. The van der Waals surface area contributed by atoms with Crippen LogP contribution in [0.25, 0.3) is 0 Å². The summed E-state index contributed by atoms with van der Waals surface area (Å²) in [6.45, 7) is 5.53. The third-order valence-corrected chi connectivity index (χ3v) is 3.43. The van der Waals surface area contributed by atoms with Crippen LogP contribution >= 0.6 is 0 Å². The average molecular weight is 224 g/mol. The fourth-order valence-corrected chi connectivity index (χ4v) is 2.55. The number of hydrogen-bond acceptors (Lipinski definition) is 3. The molecule has 0 radical (unpaired) electrons. The van der Waals surface area contributed by atoms with Crippen LogP contribution in [0.5, 0.6) is 0 Å². The molecule has 2 aliphatic heterocycles. The Morgan fingerprint density at radius 1 is 1.31 bits per heavy atom. The second-order valence-corrected chi connectivity index (χ2v) is 5.71. The van der Waals surface area contributed by atoms with Crippen molar-refractivity contribution in [2.45, 2.75) is 45.6 Å². The van der Waals surface area contributed by atoms with Crippen LogP contribution in [0.1, 0.15) is 39.5 Å². The number of amides is 2. The SMILES string of the molecule is CC1(C)CC(=O)N(CC2CCCN2)C(=O)C1. The van der Waals surface area contributed by atoms with Crippen LogP contribution in [0, 0.1) is 5.41 Å². The Morgan fingerprint density at radius 3 is 2.44 bits per heavy atom. The van der Waals surface area contributed by atoms with Crippen molar-refractivity contribution in [2.24, 2.45) is 5.41 Å². The Labute approximate surface area is 96.4 Å². The molecular formula is C12H20N2O2. The summed E-state index contributed by atoms with van der Waals surface area (Å²) >= 11 is 0. The molecule has 0 aromatic heterocycles. The zero-order valence-corrected chi connectivity index (χ0v) is 10.1. The molecule has 2 amide bonds. The van der Waals surface area contributed by atoms with Crippen molar-refractivity contribution in [3.05, 3.63) is 0 Å². The molecule has 2 saturated heterocycles. The third-order valence-electron chi connectivity index (χ3n) is 3.43. The Kier molecular flexibility index (Phi) is 3.02. The molecule has 90 valence electrons. The first-order valence-electron chi connectivity index (χ1n) is 6.04. The maximum absolute atomic E-state index is 11.9. The van der Waals surface area contributed by atoms with Gasteiger partial charge < -0.3 is 5.32 Å². The van der Waals surface area contributed by atoms with Crippen LogP contribution < -0.4 is 5.32 Å². The molecule has 2 heterocycles. The summed E-state index contributed by atoms with van der Waals surface area (Å²) in [5, 5.41) is 3.32. The van der Waals surface area contributed by atoms with E-state index in [1.807, 2.05) is 13.8 Å². The van der Waals surface area contributed by atoms with E-state index in [9.17, 15) is 9.59 Å². The largest absolute Gasteiger partial charge is 0.312 e. The van der Waals surface area contributed by atoms with Crippen molar-refractivity contribution in [1.82, 2.24) is 10.2 Å². The first kappa shape index (κ1) is 11.6. The molecule has 16 heavy (non-hydrogen) atoms. The molecule has 1 N–H and O–H groups in total. The predicted octanol–water partition coefficient (Wildman–Crippen LogP) is 0.914. The zero-order valence-electron chi connectivity index (χ0n) is 10.1. The van der Waals surface area contributed by atoms with Crippen molar-refractivity contribution in [1.29, 1.82) is 0 Å². The van der Waals surface area contributed by atoms with Gasteiger partial charge in [-0.3, -0.25) is 14.5 Å². The lowest BCUT2D eigenvalue weighted by molar-refractivity contribution is -0.152. The van der Waals surface area contributed by atoms with E-state index in [0.29, 0.717) is 25.4 Å². The van der Waals surface area contributed by atoms with Gasteiger partial charge in [-0.1, -0.05) is 13.8 Å². The lowest BCUT2D eigenvalue weighted by atomic mass is 9.81. The molecule has 0 saturated carbocycles. The molecule has 4 nitrogen and oxygen atoms in total. The molecule has 1 atom stereocenters. The Hall–Kier alpha value is -0.900. The number of nitrogens with one attached hydrogen (secondary N) is 1. The molecule has 0 aromatic rings. The standard InChI is InChI=1S/C12H20N2O2/c1-12(2)6-10(15)14(11(16)7-12)8-9-4-3-5-13-9/h9,13H,3-8H2,1-2H3. The van der Waals surface area contributed by atoms with Gasteiger partial charge in [0.05, 0.1) is 0 Å². The van der Waals surface area contributed by atoms with Crippen LogP contribution in [-0.4, -0.2) is 35.8 Å². The maximum atomic E-state index is 11.9. The van der Waals surface area contributed by atoms with Gasteiger partial charge in [0.2, 0.25) is 11.8 Å². The van der Waals surface area contributed by atoms with E-state index in [4.69, 9.17) is 0 Å². The second kappa shape index (κ2) is 4.17. The topological polar surface area (TPSA) is 49.4 Å². The third kappa shape index (κ3) is 2.43. The fourth-order valence-electron chi connectivity index (χ4n) is 2.55. The summed E-state index contributed by atoms with van der Waals surface area (Å²) in [5.41, 5.74) is -0.159. The summed E-state index contributed by atoms with van der Waals surface area (Å²) in [7, 11) is 0. The molecule has 0 aliphatic carbocycles. The lowest BCUT2D eigenvalue weighted by Gasteiger charge is -2.35. The molecule has 4 heteroatoms. The highest BCUT2D eigenvalue weighted by molar-refractivity contribution is 5.98. The van der Waals surface area contributed by atoms with Crippen LogP contribution in [0.2, 0.25) is 0 Å². The zero-order chi connectivity index (χ0) is 11.8. The molecule has 1 unspecified atom stereocenters. The molecular weight excluding hydrogens is 204 g/mol. The van der Waals surface area contributed by atoms with E-state index >= 15 is 0 Å². The molecule has 2 aliphatic rings. The van der Waals surface area contributed by atoms with Crippen molar-refractivity contribution in [3.8, 4) is 0 Å². The van der Waals surface area contributed by atoms with Gasteiger partial charge in [0.15, 0.2) is 0 Å². The minimum absolute atomic E-state index is 0.00468. The highest BCUT2D eigenvalue weighted by Gasteiger charge is 2.38. The maximum Gasteiger partial charge on any atom is 0.229 e. The van der Waals surface area contributed by atoms with Gasteiger partial charge in [0.1, 0.15) is 0 Å². The summed E-state index contributed by atoms with van der Waals surface area (Å²) < 4.78 is 0. The number of carbonyl (C=O) groups excluding carboxylic acids is 2. The molecule has 0 spiro atoms. The van der Waals surface area contributed by atoms with Crippen molar-refractivity contribution < 1.29 is 9.59 Å². The van der Waals surface area contributed by atoms with Crippen LogP contribution in [0.15, 0.2) is 0 Å². The monoisotopic (exact) mass is 224 g/mol. The fraction of sp³-hybridized carbons (Fsp3) is 0.833. The normalized spacial score (nSPS) is 29.9. The van der Waals surface area contributed by atoms with Gasteiger partial charge in [-0.2, -0.15) is 0 Å². The van der Waals surface area contributed by atoms with Crippen molar-refractivity contribution in [2.75, 3.05) is 13.1 Å². The highest BCUT2D eigenvalue weighted by atomic mass is 16.2. The average Bonchev–Trinajstić information content (AvgIpc) is 2.62. The molecule has 2 rings (SSSR count). The number of imide groups is 1. The first-order valence-corrected chi connectivity index (χ1v) is 6.04. The van der Waals surface area contributed by atoms with E-state index in [2.05, 4.69) is 5.32 Å². The number of likely N-dealkylation sites (tertiary alicyclic amines) is 1. The van der Waals surface area contributed by atoms with Gasteiger partial charge >= 0.3 is 0 Å². The van der Waals surface area contributed by atoms with Crippen LogP contribution in [0.3, 0.4) is 0 Å². The van der Waals surface area contributed by atoms with E-state index in [1.54, 1.807) is 0 Å². The lowest BCUT2D eigenvalue weighted by Crippen LogP contribution is -2.50. The van der Waals surface area contributed by atoms with Gasteiger partial charge in [-0.05, 0) is 24.8 Å². The van der Waals surface area contributed by atoms with Crippen molar-refractivity contribution in [3.63, 3.8) is 0 Å².